The number of rotatable bonds is 7. The first kappa shape index (κ1) is 19.3. The SMILES string of the molecule is C=C(C)C(=O)Oc1ccc(-c2ccc(OC(O)C(=C)C)cc2OC)cc1. The van der Waals surface area contributed by atoms with Crippen molar-refractivity contribution in [3.05, 3.63) is 66.8 Å². The molecule has 0 saturated heterocycles. The van der Waals surface area contributed by atoms with E-state index in [9.17, 15) is 9.90 Å². The fraction of sp³-hybridized carbons (Fsp3) is 0.190. The van der Waals surface area contributed by atoms with E-state index in [-0.39, 0.29) is 0 Å². The number of hydrogen-bond acceptors (Lipinski definition) is 5. The molecule has 0 aliphatic heterocycles. The largest absolute Gasteiger partial charge is 0.496 e. The van der Waals surface area contributed by atoms with E-state index in [4.69, 9.17) is 14.2 Å². The Kier molecular flexibility index (Phi) is 6.20. The van der Waals surface area contributed by atoms with E-state index in [2.05, 4.69) is 13.2 Å². The summed E-state index contributed by atoms with van der Waals surface area (Å²) in [5.74, 6) is 1.02. The van der Waals surface area contributed by atoms with Gasteiger partial charge in [-0.25, -0.2) is 4.79 Å². The summed E-state index contributed by atoms with van der Waals surface area (Å²) >= 11 is 0. The number of carbonyl (C=O) groups excluding carboxylic acids is 1. The number of aliphatic hydroxyl groups excluding tert-OH is 1. The molecule has 0 radical (unpaired) electrons. The van der Waals surface area contributed by atoms with Crippen molar-refractivity contribution < 1.29 is 24.1 Å². The highest BCUT2D eigenvalue weighted by Gasteiger charge is 2.12. The minimum absolute atomic E-state index is 0.336. The maximum Gasteiger partial charge on any atom is 0.338 e. The van der Waals surface area contributed by atoms with Crippen LogP contribution < -0.4 is 14.2 Å². The number of aliphatic hydroxyl groups is 1. The molecule has 2 aromatic rings. The highest BCUT2D eigenvalue weighted by Crippen LogP contribution is 2.34. The molecule has 0 saturated carbocycles. The number of ether oxygens (including phenoxy) is 3. The Morgan fingerprint density at radius 3 is 2.19 bits per heavy atom. The van der Waals surface area contributed by atoms with Gasteiger partial charge in [0.25, 0.3) is 0 Å². The fourth-order valence-electron chi connectivity index (χ4n) is 2.11. The average molecular weight is 354 g/mol. The van der Waals surface area contributed by atoms with Gasteiger partial charge in [0.05, 0.1) is 7.11 Å². The van der Waals surface area contributed by atoms with Gasteiger partial charge in [-0.15, -0.1) is 0 Å². The lowest BCUT2D eigenvalue weighted by molar-refractivity contribution is -0.130. The maximum atomic E-state index is 11.6. The molecular formula is C21H22O5. The Hall–Kier alpha value is -3.05. The highest BCUT2D eigenvalue weighted by atomic mass is 16.6. The summed E-state index contributed by atoms with van der Waals surface area (Å²) in [5.41, 5.74) is 2.56. The van der Waals surface area contributed by atoms with Crippen LogP contribution in [0, 0.1) is 0 Å². The van der Waals surface area contributed by atoms with E-state index in [1.165, 1.54) is 0 Å². The summed E-state index contributed by atoms with van der Waals surface area (Å²) < 4.78 is 16.0. The Morgan fingerprint density at radius 1 is 1.04 bits per heavy atom. The fourth-order valence-corrected chi connectivity index (χ4v) is 2.11. The van der Waals surface area contributed by atoms with E-state index in [1.54, 1.807) is 45.2 Å². The molecule has 136 valence electrons. The van der Waals surface area contributed by atoms with E-state index in [1.807, 2.05) is 18.2 Å². The Morgan fingerprint density at radius 2 is 1.65 bits per heavy atom. The van der Waals surface area contributed by atoms with Crippen molar-refractivity contribution in [1.29, 1.82) is 0 Å². The summed E-state index contributed by atoms with van der Waals surface area (Å²) in [5, 5.41) is 9.76. The molecule has 0 aliphatic rings. The molecule has 0 aromatic heterocycles. The van der Waals surface area contributed by atoms with Crippen molar-refractivity contribution in [3.63, 3.8) is 0 Å². The van der Waals surface area contributed by atoms with Crippen LogP contribution in [0.4, 0.5) is 0 Å². The van der Waals surface area contributed by atoms with Gasteiger partial charge in [0, 0.05) is 17.2 Å². The quantitative estimate of drug-likeness (QED) is 0.266. The lowest BCUT2D eigenvalue weighted by atomic mass is 10.0. The van der Waals surface area contributed by atoms with Crippen molar-refractivity contribution in [2.75, 3.05) is 7.11 Å². The molecule has 5 heteroatoms. The summed E-state index contributed by atoms with van der Waals surface area (Å²) in [7, 11) is 1.56. The first-order valence-electron chi connectivity index (χ1n) is 7.98. The molecule has 1 unspecified atom stereocenters. The van der Waals surface area contributed by atoms with Gasteiger partial charge >= 0.3 is 5.97 Å². The van der Waals surface area contributed by atoms with Crippen LogP contribution in [0.25, 0.3) is 11.1 Å². The van der Waals surface area contributed by atoms with E-state index in [0.29, 0.717) is 28.4 Å². The van der Waals surface area contributed by atoms with Crippen LogP contribution in [0.3, 0.4) is 0 Å². The van der Waals surface area contributed by atoms with Crippen molar-refractivity contribution in [2.24, 2.45) is 0 Å². The molecule has 5 nitrogen and oxygen atoms in total. The number of benzene rings is 2. The summed E-state index contributed by atoms with van der Waals surface area (Å²) in [6.07, 6.45) is -1.08. The van der Waals surface area contributed by atoms with Gasteiger partial charge in [0.2, 0.25) is 6.29 Å². The van der Waals surface area contributed by atoms with Gasteiger partial charge in [-0.2, -0.15) is 0 Å². The molecule has 2 aromatic carbocycles. The van der Waals surface area contributed by atoms with Gasteiger partial charge in [-0.05, 0) is 49.2 Å². The monoisotopic (exact) mass is 354 g/mol. The standard InChI is InChI=1S/C21H22O5/c1-13(2)20(22)25-16-8-6-15(7-9-16)18-11-10-17(12-19(18)24-5)26-21(23)14(3)4/h6-12,21,23H,1,3H2,2,4-5H3. The number of hydrogen-bond donors (Lipinski definition) is 1. The van der Waals surface area contributed by atoms with Gasteiger partial charge < -0.3 is 19.3 Å². The molecule has 0 fully saturated rings. The molecule has 1 atom stereocenters. The molecule has 0 heterocycles. The Labute approximate surface area is 153 Å². The molecule has 0 amide bonds. The van der Waals surface area contributed by atoms with Crippen LogP contribution in [0.15, 0.2) is 66.8 Å². The topological polar surface area (TPSA) is 65.0 Å². The zero-order chi connectivity index (χ0) is 19.3. The van der Waals surface area contributed by atoms with Gasteiger partial charge in [-0.3, -0.25) is 0 Å². The van der Waals surface area contributed by atoms with Crippen molar-refractivity contribution in [3.8, 4) is 28.4 Å². The minimum atomic E-state index is -1.08. The van der Waals surface area contributed by atoms with Crippen LogP contribution in [0.1, 0.15) is 13.8 Å². The molecule has 1 N–H and O–H groups in total. The van der Waals surface area contributed by atoms with Crippen molar-refractivity contribution in [1.82, 2.24) is 0 Å². The number of esters is 1. The third-order valence-corrected chi connectivity index (χ3v) is 3.57. The second-order valence-electron chi connectivity index (χ2n) is 5.87. The minimum Gasteiger partial charge on any atom is -0.496 e. The van der Waals surface area contributed by atoms with Gasteiger partial charge in [0.15, 0.2) is 0 Å². The highest BCUT2D eigenvalue weighted by molar-refractivity contribution is 5.88. The van der Waals surface area contributed by atoms with Crippen LogP contribution >= 0.6 is 0 Å². The molecule has 0 bridgehead atoms. The predicted octanol–water partition coefficient (Wildman–Crippen LogP) is 4.12. The smallest absolute Gasteiger partial charge is 0.338 e. The summed E-state index contributed by atoms with van der Waals surface area (Å²) in [6, 6.07) is 12.3. The average Bonchev–Trinajstić information content (AvgIpc) is 2.62. The van der Waals surface area contributed by atoms with Crippen LogP contribution in [0.2, 0.25) is 0 Å². The normalized spacial score (nSPS) is 11.4. The first-order valence-corrected chi connectivity index (χ1v) is 7.98. The van der Waals surface area contributed by atoms with Crippen LogP contribution in [-0.2, 0) is 4.79 Å². The number of methoxy groups -OCH3 is 1. The third-order valence-electron chi connectivity index (χ3n) is 3.57. The van der Waals surface area contributed by atoms with Crippen LogP contribution in [0.5, 0.6) is 17.2 Å². The molecular weight excluding hydrogens is 332 g/mol. The van der Waals surface area contributed by atoms with E-state index >= 15 is 0 Å². The van der Waals surface area contributed by atoms with Gasteiger partial charge in [-0.1, -0.05) is 25.3 Å². The Bertz CT molecular complexity index is 821. The van der Waals surface area contributed by atoms with Crippen molar-refractivity contribution in [2.45, 2.75) is 20.1 Å². The second kappa shape index (κ2) is 8.36. The predicted molar refractivity (Wildman–Crippen MR) is 100 cm³/mol. The molecule has 2 rings (SSSR count). The first-order chi connectivity index (χ1) is 12.3. The van der Waals surface area contributed by atoms with E-state index < -0.39 is 12.3 Å². The number of carbonyl (C=O) groups is 1. The van der Waals surface area contributed by atoms with E-state index in [0.717, 1.165) is 11.1 Å². The molecule has 0 aliphatic carbocycles. The van der Waals surface area contributed by atoms with Crippen molar-refractivity contribution >= 4 is 5.97 Å². The Balaban J connectivity index is 2.23. The lowest BCUT2D eigenvalue weighted by Gasteiger charge is -2.16. The third kappa shape index (κ3) is 4.74. The second-order valence-corrected chi connectivity index (χ2v) is 5.87. The lowest BCUT2D eigenvalue weighted by Crippen LogP contribution is -2.16. The maximum absolute atomic E-state index is 11.6. The summed E-state index contributed by atoms with van der Waals surface area (Å²) in [6.45, 7) is 10.5. The molecule has 0 spiro atoms. The molecule has 26 heavy (non-hydrogen) atoms. The van der Waals surface area contributed by atoms with Crippen LogP contribution in [-0.4, -0.2) is 24.5 Å². The zero-order valence-electron chi connectivity index (χ0n) is 15.1. The van der Waals surface area contributed by atoms with Gasteiger partial charge in [0.1, 0.15) is 17.2 Å². The summed E-state index contributed by atoms with van der Waals surface area (Å²) in [4.78, 5) is 11.6. The zero-order valence-corrected chi connectivity index (χ0v) is 15.1.